The predicted molar refractivity (Wildman–Crippen MR) is 92.6 cm³/mol. The van der Waals surface area contributed by atoms with Gasteiger partial charge in [-0.15, -0.1) is 0 Å². The minimum atomic E-state index is -0.306. The Balaban J connectivity index is 1.53. The predicted octanol–water partition coefficient (Wildman–Crippen LogP) is 1.76. The highest BCUT2D eigenvalue weighted by Crippen LogP contribution is 2.20. The SMILES string of the molecule is COc1cc(CNC(=O)[C@H]2CC(=O)N(Cc3ccccc3)C2)ccn1. The summed E-state index contributed by atoms with van der Waals surface area (Å²) in [6, 6.07) is 13.4. The lowest BCUT2D eigenvalue weighted by Crippen LogP contribution is -2.32. The summed E-state index contributed by atoms with van der Waals surface area (Å²) in [4.78, 5) is 30.3. The monoisotopic (exact) mass is 339 g/mol. The second-order valence-corrected chi connectivity index (χ2v) is 6.09. The van der Waals surface area contributed by atoms with E-state index in [2.05, 4.69) is 10.3 Å². The average molecular weight is 339 g/mol. The summed E-state index contributed by atoms with van der Waals surface area (Å²) in [6.07, 6.45) is 1.90. The summed E-state index contributed by atoms with van der Waals surface area (Å²) in [7, 11) is 1.55. The normalized spacial score (nSPS) is 16.8. The minimum absolute atomic E-state index is 0.0228. The highest BCUT2D eigenvalue weighted by atomic mass is 16.5. The smallest absolute Gasteiger partial charge is 0.225 e. The lowest BCUT2D eigenvalue weighted by Gasteiger charge is -2.16. The quantitative estimate of drug-likeness (QED) is 0.870. The van der Waals surface area contributed by atoms with Crippen LogP contribution in [-0.4, -0.2) is 35.4 Å². The number of pyridine rings is 1. The van der Waals surface area contributed by atoms with Gasteiger partial charge in [-0.3, -0.25) is 9.59 Å². The van der Waals surface area contributed by atoms with Crippen LogP contribution in [0.5, 0.6) is 5.88 Å². The molecule has 1 saturated heterocycles. The second kappa shape index (κ2) is 7.79. The van der Waals surface area contributed by atoms with Gasteiger partial charge in [-0.25, -0.2) is 4.98 Å². The van der Waals surface area contributed by atoms with Crippen LogP contribution in [0.4, 0.5) is 0 Å². The molecular formula is C19H21N3O3. The number of methoxy groups -OCH3 is 1. The number of hydrogen-bond donors (Lipinski definition) is 1. The number of benzene rings is 1. The maximum Gasteiger partial charge on any atom is 0.225 e. The summed E-state index contributed by atoms with van der Waals surface area (Å²) < 4.78 is 5.07. The van der Waals surface area contributed by atoms with Crippen molar-refractivity contribution in [2.75, 3.05) is 13.7 Å². The van der Waals surface area contributed by atoms with E-state index in [1.165, 1.54) is 0 Å². The summed E-state index contributed by atoms with van der Waals surface area (Å²) in [5.74, 6) is 0.131. The van der Waals surface area contributed by atoms with Gasteiger partial charge in [-0.05, 0) is 17.2 Å². The fourth-order valence-electron chi connectivity index (χ4n) is 2.91. The maximum atomic E-state index is 12.4. The molecule has 0 spiro atoms. The van der Waals surface area contributed by atoms with Gasteiger partial charge in [0.15, 0.2) is 0 Å². The molecule has 2 aromatic rings. The zero-order valence-electron chi connectivity index (χ0n) is 14.1. The first-order valence-corrected chi connectivity index (χ1v) is 8.24. The van der Waals surface area contributed by atoms with Crippen molar-refractivity contribution in [2.45, 2.75) is 19.5 Å². The average Bonchev–Trinajstić information content (AvgIpc) is 3.01. The Morgan fingerprint density at radius 3 is 2.84 bits per heavy atom. The fraction of sp³-hybridized carbons (Fsp3) is 0.316. The molecule has 25 heavy (non-hydrogen) atoms. The van der Waals surface area contributed by atoms with Crippen LogP contribution in [0.2, 0.25) is 0 Å². The zero-order chi connectivity index (χ0) is 17.6. The molecule has 3 rings (SSSR count). The van der Waals surface area contributed by atoms with Crippen LogP contribution < -0.4 is 10.1 Å². The van der Waals surface area contributed by atoms with Crippen LogP contribution in [0.1, 0.15) is 17.5 Å². The Kier molecular flexibility index (Phi) is 5.28. The van der Waals surface area contributed by atoms with Gasteiger partial charge in [0, 0.05) is 38.3 Å². The molecule has 130 valence electrons. The van der Waals surface area contributed by atoms with Gasteiger partial charge >= 0.3 is 0 Å². The molecule has 6 heteroatoms. The van der Waals surface area contributed by atoms with Crippen LogP contribution in [-0.2, 0) is 22.7 Å². The van der Waals surface area contributed by atoms with Crippen LogP contribution in [0.3, 0.4) is 0 Å². The summed E-state index contributed by atoms with van der Waals surface area (Å²) >= 11 is 0. The molecule has 1 atom stereocenters. The summed E-state index contributed by atoms with van der Waals surface area (Å²) in [5, 5.41) is 2.90. The molecule has 1 aliphatic rings. The van der Waals surface area contributed by atoms with E-state index >= 15 is 0 Å². The molecule has 0 aliphatic carbocycles. The Morgan fingerprint density at radius 1 is 1.28 bits per heavy atom. The molecule has 6 nitrogen and oxygen atoms in total. The van der Waals surface area contributed by atoms with Crippen LogP contribution in [0.15, 0.2) is 48.7 Å². The lowest BCUT2D eigenvalue weighted by atomic mass is 10.1. The van der Waals surface area contributed by atoms with Crippen LogP contribution in [0, 0.1) is 5.92 Å². The summed E-state index contributed by atoms with van der Waals surface area (Å²) in [6.45, 7) is 1.39. The van der Waals surface area contributed by atoms with E-state index in [1.54, 1.807) is 24.3 Å². The largest absolute Gasteiger partial charge is 0.481 e. The molecule has 0 bridgehead atoms. The Labute approximate surface area is 146 Å². The molecule has 1 aliphatic heterocycles. The van der Waals surface area contributed by atoms with Crippen molar-refractivity contribution in [1.29, 1.82) is 0 Å². The highest BCUT2D eigenvalue weighted by molar-refractivity contribution is 5.89. The summed E-state index contributed by atoms with van der Waals surface area (Å²) in [5.41, 5.74) is 1.98. The zero-order valence-corrected chi connectivity index (χ0v) is 14.1. The van der Waals surface area contributed by atoms with E-state index in [-0.39, 0.29) is 24.2 Å². The number of nitrogens with one attached hydrogen (secondary N) is 1. The van der Waals surface area contributed by atoms with Gasteiger partial charge in [0.2, 0.25) is 17.7 Å². The number of carbonyl (C=O) groups is 2. The molecule has 1 aromatic carbocycles. The maximum absolute atomic E-state index is 12.4. The van der Waals surface area contributed by atoms with E-state index in [0.29, 0.717) is 25.5 Å². The minimum Gasteiger partial charge on any atom is -0.481 e. The van der Waals surface area contributed by atoms with Crippen molar-refractivity contribution < 1.29 is 14.3 Å². The number of ether oxygens (including phenoxy) is 1. The third kappa shape index (κ3) is 4.35. The van der Waals surface area contributed by atoms with Gasteiger partial charge in [0.1, 0.15) is 0 Å². The third-order valence-corrected chi connectivity index (χ3v) is 4.28. The Morgan fingerprint density at radius 2 is 2.08 bits per heavy atom. The van der Waals surface area contributed by atoms with Crippen molar-refractivity contribution in [3.8, 4) is 5.88 Å². The van der Waals surface area contributed by atoms with Gasteiger partial charge in [-0.1, -0.05) is 30.3 Å². The lowest BCUT2D eigenvalue weighted by molar-refractivity contribution is -0.129. The van der Waals surface area contributed by atoms with Gasteiger partial charge < -0.3 is 15.0 Å². The number of likely N-dealkylation sites (tertiary alicyclic amines) is 1. The van der Waals surface area contributed by atoms with Crippen molar-refractivity contribution in [3.05, 3.63) is 59.8 Å². The molecule has 1 aromatic heterocycles. The highest BCUT2D eigenvalue weighted by Gasteiger charge is 2.34. The first-order chi connectivity index (χ1) is 12.2. The van der Waals surface area contributed by atoms with Crippen molar-refractivity contribution in [1.82, 2.24) is 15.2 Å². The molecule has 0 unspecified atom stereocenters. The Bertz CT molecular complexity index is 749. The number of rotatable bonds is 6. The van der Waals surface area contributed by atoms with Crippen molar-refractivity contribution >= 4 is 11.8 Å². The number of amides is 2. The molecule has 0 radical (unpaired) electrons. The molecular weight excluding hydrogens is 318 g/mol. The van der Waals surface area contributed by atoms with Crippen molar-refractivity contribution in [3.63, 3.8) is 0 Å². The first kappa shape index (κ1) is 17.0. The Hall–Kier alpha value is -2.89. The first-order valence-electron chi connectivity index (χ1n) is 8.24. The topological polar surface area (TPSA) is 71.5 Å². The number of hydrogen-bond acceptors (Lipinski definition) is 4. The molecule has 1 fully saturated rings. The van der Waals surface area contributed by atoms with Gasteiger partial charge in [0.25, 0.3) is 0 Å². The second-order valence-electron chi connectivity index (χ2n) is 6.09. The molecule has 2 heterocycles. The molecule has 0 saturated carbocycles. The van der Waals surface area contributed by atoms with E-state index in [9.17, 15) is 9.59 Å². The van der Waals surface area contributed by atoms with E-state index in [4.69, 9.17) is 4.74 Å². The number of nitrogens with zero attached hydrogens (tertiary/aromatic N) is 2. The number of carbonyl (C=O) groups excluding carboxylic acids is 2. The van der Waals surface area contributed by atoms with E-state index < -0.39 is 0 Å². The van der Waals surface area contributed by atoms with E-state index in [0.717, 1.165) is 11.1 Å². The third-order valence-electron chi connectivity index (χ3n) is 4.28. The van der Waals surface area contributed by atoms with Gasteiger partial charge in [0.05, 0.1) is 13.0 Å². The molecule has 1 N–H and O–H groups in total. The molecule has 2 amide bonds. The van der Waals surface area contributed by atoms with E-state index in [1.807, 2.05) is 36.4 Å². The van der Waals surface area contributed by atoms with Crippen LogP contribution >= 0.6 is 0 Å². The fourth-order valence-corrected chi connectivity index (χ4v) is 2.91. The van der Waals surface area contributed by atoms with Crippen molar-refractivity contribution in [2.24, 2.45) is 5.92 Å². The number of aromatic nitrogens is 1. The standard InChI is InChI=1S/C19H21N3O3/c1-25-17-9-15(7-8-20-17)11-21-19(24)16-10-18(23)22(13-16)12-14-5-3-2-4-6-14/h2-9,16H,10-13H2,1H3,(H,21,24)/t16-/m0/s1. The van der Waals surface area contributed by atoms with Gasteiger partial charge in [-0.2, -0.15) is 0 Å². The van der Waals surface area contributed by atoms with Crippen LogP contribution in [0.25, 0.3) is 0 Å².